The number of hydrogen-bond acceptors (Lipinski definition) is 6. The normalized spacial score (nSPS) is 11.9. The summed E-state index contributed by atoms with van der Waals surface area (Å²) in [7, 11) is 0. The number of fused-ring (bicyclic) bond motifs is 1. The first-order valence-corrected chi connectivity index (χ1v) is 10.3. The number of halogens is 1. The van der Waals surface area contributed by atoms with Crippen LogP contribution in [0.3, 0.4) is 0 Å². The van der Waals surface area contributed by atoms with Crippen LogP contribution >= 0.6 is 11.3 Å². The van der Waals surface area contributed by atoms with Crippen molar-refractivity contribution in [1.29, 1.82) is 0 Å². The second-order valence-electron chi connectivity index (χ2n) is 6.66. The van der Waals surface area contributed by atoms with Gasteiger partial charge in [0.1, 0.15) is 17.3 Å². The van der Waals surface area contributed by atoms with Gasteiger partial charge in [-0.25, -0.2) is 4.39 Å². The van der Waals surface area contributed by atoms with Gasteiger partial charge >= 0.3 is 0 Å². The highest BCUT2D eigenvalue weighted by molar-refractivity contribution is 7.15. The van der Waals surface area contributed by atoms with Crippen molar-refractivity contribution in [3.8, 4) is 5.75 Å². The molecule has 0 unspecified atom stereocenters. The van der Waals surface area contributed by atoms with Crippen molar-refractivity contribution in [1.82, 2.24) is 14.6 Å². The minimum absolute atomic E-state index is 0.169. The van der Waals surface area contributed by atoms with Gasteiger partial charge in [-0.3, -0.25) is 9.59 Å². The minimum atomic E-state index is -0.486. The summed E-state index contributed by atoms with van der Waals surface area (Å²) in [4.78, 5) is 29.3. The third kappa shape index (κ3) is 4.13. The maximum atomic E-state index is 13.9. The Balaban J connectivity index is 1.68. The highest BCUT2D eigenvalue weighted by Gasteiger charge is 2.12. The largest absolute Gasteiger partial charge is 0.494 e. The lowest BCUT2D eigenvalue weighted by atomic mass is 10.1. The summed E-state index contributed by atoms with van der Waals surface area (Å²) in [5, 5.41) is 4.22. The molecule has 0 aliphatic rings. The molecule has 0 radical (unpaired) electrons. The molecule has 2 aromatic heterocycles. The highest BCUT2D eigenvalue weighted by Crippen LogP contribution is 2.14. The van der Waals surface area contributed by atoms with Crippen molar-refractivity contribution in [2.24, 2.45) is 0 Å². The molecule has 30 heavy (non-hydrogen) atoms. The van der Waals surface area contributed by atoms with E-state index in [0.717, 1.165) is 33.6 Å². The fourth-order valence-electron chi connectivity index (χ4n) is 2.90. The summed E-state index contributed by atoms with van der Waals surface area (Å²) in [6.45, 7) is 2.67. The van der Waals surface area contributed by atoms with Gasteiger partial charge in [0.2, 0.25) is 4.96 Å². The van der Waals surface area contributed by atoms with E-state index >= 15 is 0 Å². The molecule has 8 heteroatoms. The lowest BCUT2D eigenvalue weighted by molar-refractivity contribution is 0.317. The van der Waals surface area contributed by atoms with Crippen LogP contribution in [0.4, 0.5) is 4.39 Å². The van der Waals surface area contributed by atoms with Crippen molar-refractivity contribution in [3.05, 3.63) is 96.4 Å². The van der Waals surface area contributed by atoms with Crippen LogP contribution in [-0.4, -0.2) is 21.2 Å². The van der Waals surface area contributed by atoms with E-state index in [1.54, 1.807) is 18.2 Å². The SMILES string of the molecule is CCCOc1ccc(Cc2nn3c(=O)/c(=C/c4ccccc4F)sc3nc2=O)cc1. The van der Waals surface area contributed by atoms with Gasteiger partial charge in [-0.2, -0.15) is 14.6 Å². The van der Waals surface area contributed by atoms with E-state index in [0.29, 0.717) is 6.61 Å². The van der Waals surface area contributed by atoms with Gasteiger partial charge in [0.25, 0.3) is 11.1 Å². The summed E-state index contributed by atoms with van der Waals surface area (Å²) < 4.78 is 20.8. The predicted molar refractivity (Wildman–Crippen MR) is 114 cm³/mol. The van der Waals surface area contributed by atoms with Crippen molar-refractivity contribution < 1.29 is 9.13 Å². The molecule has 0 aliphatic heterocycles. The molecule has 0 atom stereocenters. The Morgan fingerprint density at radius 2 is 1.90 bits per heavy atom. The molecular weight excluding hydrogens is 405 g/mol. The molecule has 2 heterocycles. The topological polar surface area (TPSA) is 73.6 Å². The van der Waals surface area contributed by atoms with Crippen molar-refractivity contribution in [3.63, 3.8) is 0 Å². The molecule has 4 rings (SSSR count). The van der Waals surface area contributed by atoms with Crippen LogP contribution in [0.15, 0.2) is 58.1 Å². The summed E-state index contributed by atoms with van der Waals surface area (Å²) in [6.07, 6.45) is 2.60. The molecule has 152 valence electrons. The fraction of sp³-hybridized carbons (Fsp3) is 0.182. The van der Waals surface area contributed by atoms with E-state index in [2.05, 4.69) is 10.1 Å². The van der Waals surface area contributed by atoms with E-state index in [9.17, 15) is 14.0 Å². The van der Waals surface area contributed by atoms with Crippen molar-refractivity contribution >= 4 is 22.4 Å². The highest BCUT2D eigenvalue weighted by atomic mass is 32.1. The number of ether oxygens (including phenoxy) is 1. The van der Waals surface area contributed by atoms with Crippen LogP contribution in [0.2, 0.25) is 0 Å². The Bertz CT molecular complexity index is 1360. The first kappa shape index (κ1) is 19.9. The van der Waals surface area contributed by atoms with Crippen LogP contribution in [0.5, 0.6) is 5.75 Å². The van der Waals surface area contributed by atoms with E-state index < -0.39 is 16.9 Å². The lowest BCUT2D eigenvalue weighted by Crippen LogP contribution is -2.28. The molecule has 6 nitrogen and oxygen atoms in total. The average Bonchev–Trinajstić information content (AvgIpc) is 3.04. The smallest absolute Gasteiger partial charge is 0.296 e. The predicted octanol–water partition coefficient (Wildman–Crippen LogP) is 2.58. The van der Waals surface area contributed by atoms with Gasteiger partial charge in [-0.15, -0.1) is 0 Å². The second kappa shape index (κ2) is 8.54. The standard InChI is InChI=1S/C22H18FN3O3S/c1-2-11-29-16-9-7-14(8-10-16)12-18-20(27)24-22-26(25-18)21(28)19(30-22)13-15-5-3-4-6-17(15)23/h3-10,13H,2,11-12H2,1H3/b19-13-. The van der Waals surface area contributed by atoms with Gasteiger partial charge < -0.3 is 4.74 Å². The van der Waals surface area contributed by atoms with E-state index in [-0.39, 0.29) is 27.2 Å². The monoisotopic (exact) mass is 423 g/mol. The quantitative estimate of drug-likeness (QED) is 0.477. The van der Waals surface area contributed by atoms with Gasteiger partial charge in [0.05, 0.1) is 11.1 Å². The Morgan fingerprint density at radius 3 is 2.63 bits per heavy atom. The molecule has 0 amide bonds. The summed E-state index contributed by atoms with van der Waals surface area (Å²) in [5.41, 5.74) is 0.387. The summed E-state index contributed by atoms with van der Waals surface area (Å²) in [5.74, 6) is 0.323. The lowest BCUT2D eigenvalue weighted by Gasteiger charge is -2.05. The third-order valence-corrected chi connectivity index (χ3v) is 5.37. The zero-order valence-corrected chi connectivity index (χ0v) is 17.0. The van der Waals surface area contributed by atoms with E-state index in [1.165, 1.54) is 12.1 Å². The second-order valence-corrected chi connectivity index (χ2v) is 7.67. The van der Waals surface area contributed by atoms with E-state index in [4.69, 9.17) is 4.74 Å². The molecule has 0 saturated heterocycles. The molecule has 4 aromatic rings. The Hall–Kier alpha value is -3.39. The molecule has 0 saturated carbocycles. The molecule has 0 bridgehead atoms. The van der Waals surface area contributed by atoms with E-state index in [1.807, 2.05) is 31.2 Å². The van der Waals surface area contributed by atoms with Crippen LogP contribution in [0.25, 0.3) is 11.0 Å². The van der Waals surface area contributed by atoms with Crippen molar-refractivity contribution in [2.75, 3.05) is 6.61 Å². The molecular formula is C22H18FN3O3S. The van der Waals surface area contributed by atoms with Gasteiger partial charge in [0.15, 0.2) is 0 Å². The minimum Gasteiger partial charge on any atom is -0.494 e. The number of nitrogens with zero attached hydrogens (tertiary/aromatic N) is 3. The Morgan fingerprint density at radius 1 is 1.13 bits per heavy atom. The molecule has 0 N–H and O–H groups in total. The molecule has 0 fully saturated rings. The zero-order valence-electron chi connectivity index (χ0n) is 16.2. The first-order chi connectivity index (χ1) is 14.5. The van der Waals surface area contributed by atoms with Gasteiger partial charge in [0, 0.05) is 12.0 Å². The average molecular weight is 423 g/mol. The number of rotatable bonds is 6. The maximum absolute atomic E-state index is 13.9. The summed E-state index contributed by atoms with van der Waals surface area (Å²) in [6, 6.07) is 13.5. The van der Waals surface area contributed by atoms with Gasteiger partial charge in [-0.1, -0.05) is 48.6 Å². The molecule has 0 aliphatic carbocycles. The number of aromatic nitrogens is 3. The third-order valence-electron chi connectivity index (χ3n) is 4.41. The molecule has 2 aromatic carbocycles. The number of thiazole rings is 1. The Kier molecular flexibility index (Phi) is 5.67. The molecule has 0 spiro atoms. The van der Waals surface area contributed by atoms with Crippen LogP contribution in [-0.2, 0) is 6.42 Å². The Labute approximate surface area is 174 Å². The zero-order chi connectivity index (χ0) is 21.1. The number of hydrogen-bond donors (Lipinski definition) is 0. The van der Waals surface area contributed by atoms with Crippen LogP contribution in [0.1, 0.15) is 30.2 Å². The fourth-order valence-corrected chi connectivity index (χ4v) is 3.80. The van der Waals surface area contributed by atoms with Crippen molar-refractivity contribution in [2.45, 2.75) is 19.8 Å². The van der Waals surface area contributed by atoms with Gasteiger partial charge in [-0.05, 0) is 36.3 Å². The van der Waals surface area contributed by atoms with Crippen LogP contribution < -0.4 is 20.4 Å². The first-order valence-electron chi connectivity index (χ1n) is 9.46. The number of benzene rings is 2. The van der Waals surface area contributed by atoms with Crippen LogP contribution in [0, 0.1) is 5.82 Å². The summed E-state index contributed by atoms with van der Waals surface area (Å²) >= 11 is 1.00. The maximum Gasteiger partial charge on any atom is 0.296 e.